The predicted molar refractivity (Wildman–Crippen MR) is 103 cm³/mol. The topological polar surface area (TPSA) is 86.2 Å². The Morgan fingerprint density at radius 2 is 1.04 bits per heavy atom. The van der Waals surface area contributed by atoms with Crippen molar-refractivity contribution in [3.63, 3.8) is 0 Å². The summed E-state index contributed by atoms with van der Waals surface area (Å²) < 4.78 is 21.5. The molecule has 0 heterocycles. The Hall–Kier alpha value is -2.63. The highest BCUT2D eigenvalue weighted by molar-refractivity contribution is 7.89. The molecule has 0 amide bonds. The molecule has 4 N–H and O–H groups in total. The van der Waals surface area contributed by atoms with E-state index in [4.69, 9.17) is 10.9 Å². The number of primary sulfonamides is 1. The molecule has 0 unspecified atom stereocenters. The number of aryl methyl sites for hydroxylation is 2. The molecule has 0 aliphatic heterocycles. The van der Waals surface area contributed by atoms with E-state index < -0.39 is 10.0 Å². The second-order valence-electron chi connectivity index (χ2n) is 5.55. The van der Waals surface area contributed by atoms with Gasteiger partial charge in [-0.15, -0.1) is 0 Å². The minimum Gasteiger partial charge on any atom is -0.398 e. The molecule has 0 aromatic heterocycles. The molecule has 3 rings (SSSR count). The molecule has 130 valence electrons. The first-order chi connectivity index (χ1) is 12.0. The number of anilines is 1. The normalized spacial score (nSPS) is 10.6. The first-order valence-electron chi connectivity index (χ1n) is 7.92. The number of hydrogen-bond donors (Lipinski definition) is 2. The third-order valence-electron chi connectivity index (χ3n) is 3.61. The van der Waals surface area contributed by atoms with E-state index in [-0.39, 0.29) is 10.6 Å². The number of para-hydroxylation sites is 1. The van der Waals surface area contributed by atoms with Gasteiger partial charge in [0.25, 0.3) is 0 Å². The van der Waals surface area contributed by atoms with Gasteiger partial charge >= 0.3 is 0 Å². The molecule has 0 spiro atoms. The Labute approximate surface area is 149 Å². The van der Waals surface area contributed by atoms with Crippen molar-refractivity contribution in [2.24, 2.45) is 5.14 Å². The molecule has 0 aliphatic rings. The number of hydrogen-bond acceptors (Lipinski definition) is 3. The maximum absolute atomic E-state index is 10.8. The predicted octanol–water partition coefficient (Wildman–Crippen LogP) is 3.39. The fourth-order valence-corrected chi connectivity index (χ4v) is 2.98. The van der Waals surface area contributed by atoms with Gasteiger partial charge in [-0.25, -0.2) is 13.6 Å². The van der Waals surface area contributed by atoms with E-state index in [0.29, 0.717) is 0 Å². The highest BCUT2D eigenvalue weighted by Gasteiger charge is 2.09. The van der Waals surface area contributed by atoms with Gasteiger partial charge in [-0.05, 0) is 36.1 Å². The molecular weight excluding hydrogens is 332 g/mol. The average Bonchev–Trinajstić information content (AvgIpc) is 2.62. The van der Waals surface area contributed by atoms with Gasteiger partial charge in [-0.3, -0.25) is 0 Å². The van der Waals surface area contributed by atoms with Crippen molar-refractivity contribution in [1.29, 1.82) is 0 Å². The van der Waals surface area contributed by atoms with Crippen LogP contribution in [-0.2, 0) is 22.9 Å². The maximum atomic E-state index is 10.8. The Bertz CT molecular complexity index is 840. The fraction of sp³-hybridized carbons (Fsp3) is 0.100. The molecule has 0 radical (unpaired) electrons. The molecule has 0 aliphatic carbocycles. The minimum absolute atomic E-state index is 0.0278. The van der Waals surface area contributed by atoms with Crippen LogP contribution in [0.4, 0.5) is 5.69 Å². The summed E-state index contributed by atoms with van der Waals surface area (Å²) in [7, 11) is -3.66. The van der Waals surface area contributed by atoms with Crippen LogP contribution in [-0.4, -0.2) is 8.42 Å². The standard InChI is InChI=1S/C14H14.C6H8N2O2S/c1-3-7-13(8-4-1)11-12-14-9-5-2-6-10-14;7-5-3-1-2-4-6(5)11(8,9)10/h1-10H,11-12H2;1-4H,7H2,(H2,8,9,10). The van der Waals surface area contributed by atoms with Crippen LogP contribution in [0.1, 0.15) is 11.1 Å². The Morgan fingerprint density at radius 1 is 0.640 bits per heavy atom. The molecule has 0 saturated carbocycles. The molecule has 4 nitrogen and oxygen atoms in total. The summed E-state index contributed by atoms with van der Waals surface area (Å²) in [6, 6.07) is 27.3. The van der Waals surface area contributed by atoms with E-state index in [1.807, 2.05) is 0 Å². The van der Waals surface area contributed by atoms with E-state index in [2.05, 4.69) is 60.7 Å². The first-order valence-corrected chi connectivity index (χ1v) is 9.46. The Morgan fingerprint density at radius 3 is 1.40 bits per heavy atom. The second-order valence-corrected chi connectivity index (χ2v) is 7.08. The third kappa shape index (κ3) is 6.41. The van der Waals surface area contributed by atoms with Crippen LogP contribution in [0.3, 0.4) is 0 Å². The lowest BCUT2D eigenvalue weighted by Crippen LogP contribution is -2.13. The van der Waals surface area contributed by atoms with Crippen molar-refractivity contribution < 1.29 is 8.42 Å². The number of rotatable bonds is 4. The van der Waals surface area contributed by atoms with Gasteiger partial charge in [-0.1, -0.05) is 72.8 Å². The number of benzene rings is 3. The second kappa shape index (κ2) is 9.01. The summed E-state index contributed by atoms with van der Waals surface area (Å²) in [6.45, 7) is 0. The van der Waals surface area contributed by atoms with Crippen molar-refractivity contribution in [3.8, 4) is 0 Å². The molecule has 5 heteroatoms. The highest BCUT2D eigenvalue weighted by Crippen LogP contribution is 2.14. The van der Waals surface area contributed by atoms with Crippen LogP contribution in [0.2, 0.25) is 0 Å². The molecule has 0 fully saturated rings. The molecule has 3 aromatic rings. The highest BCUT2D eigenvalue weighted by atomic mass is 32.2. The van der Waals surface area contributed by atoms with Crippen LogP contribution in [0, 0.1) is 0 Å². The first kappa shape index (κ1) is 18.7. The summed E-state index contributed by atoms with van der Waals surface area (Å²) in [5, 5.41) is 4.85. The molecular formula is C20H22N2O2S. The lowest BCUT2D eigenvalue weighted by Gasteiger charge is -2.01. The van der Waals surface area contributed by atoms with Crippen LogP contribution in [0.5, 0.6) is 0 Å². The van der Waals surface area contributed by atoms with Gasteiger partial charge < -0.3 is 5.73 Å². The summed E-state index contributed by atoms with van der Waals surface area (Å²) in [5.41, 5.74) is 8.35. The Kier molecular flexibility index (Phi) is 6.74. The number of nitrogen functional groups attached to an aromatic ring is 1. The van der Waals surface area contributed by atoms with E-state index in [9.17, 15) is 8.42 Å². The van der Waals surface area contributed by atoms with Crippen LogP contribution < -0.4 is 10.9 Å². The van der Waals surface area contributed by atoms with Crippen molar-refractivity contribution >= 4 is 15.7 Å². The largest absolute Gasteiger partial charge is 0.398 e. The molecule has 25 heavy (non-hydrogen) atoms. The van der Waals surface area contributed by atoms with Gasteiger partial charge in [-0.2, -0.15) is 0 Å². The smallest absolute Gasteiger partial charge is 0.240 e. The summed E-state index contributed by atoms with van der Waals surface area (Å²) in [6.07, 6.45) is 2.26. The van der Waals surface area contributed by atoms with Crippen molar-refractivity contribution in [2.45, 2.75) is 17.7 Å². The van der Waals surface area contributed by atoms with Crippen LogP contribution in [0.25, 0.3) is 0 Å². The number of nitrogens with two attached hydrogens (primary N) is 2. The van der Waals surface area contributed by atoms with Gasteiger partial charge in [0.1, 0.15) is 4.90 Å². The molecule has 0 atom stereocenters. The molecule has 3 aromatic carbocycles. The molecule has 0 bridgehead atoms. The summed E-state index contributed by atoms with van der Waals surface area (Å²) in [4.78, 5) is -0.0278. The van der Waals surface area contributed by atoms with Gasteiger partial charge in [0, 0.05) is 0 Å². The molecule has 0 saturated heterocycles. The quantitative estimate of drug-likeness (QED) is 0.704. The average molecular weight is 354 g/mol. The Balaban J connectivity index is 0.000000186. The van der Waals surface area contributed by atoms with Gasteiger partial charge in [0.15, 0.2) is 0 Å². The van der Waals surface area contributed by atoms with Crippen LogP contribution >= 0.6 is 0 Å². The van der Waals surface area contributed by atoms with E-state index in [0.717, 1.165) is 12.8 Å². The maximum Gasteiger partial charge on any atom is 0.240 e. The zero-order valence-electron chi connectivity index (χ0n) is 13.9. The summed E-state index contributed by atoms with van der Waals surface area (Å²) in [5.74, 6) is 0. The monoisotopic (exact) mass is 354 g/mol. The van der Waals surface area contributed by atoms with E-state index in [1.165, 1.54) is 23.3 Å². The lowest BCUT2D eigenvalue weighted by atomic mass is 10.0. The number of sulfonamides is 1. The van der Waals surface area contributed by atoms with Gasteiger partial charge in [0.05, 0.1) is 5.69 Å². The van der Waals surface area contributed by atoms with Gasteiger partial charge in [0.2, 0.25) is 10.0 Å². The van der Waals surface area contributed by atoms with Crippen LogP contribution in [0.15, 0.2) is 89.8 Å². The fourth-order valence-electron chi connectivity index (χ4n) is 2.32. The van der Waals surface area contributed by atoms with E-state index >= 15 is 0 Å². The van der Waals surface area contributed by atoms with Crippen molar-refractivity contribution in [1.82, 2.24) is 0 Å². The minimum atomic E-state index is -3.66. The third-order valence-corrected chi connectivity index (χ3v) is 4.60. The van der Waals surface area contributed by atoms with Crippen molar-refractivity contribution in [3.05, 3.63) is 96.1 Å². The zero-order chi connectivity index (χ0) is 18.1. The summed E-state index contributed by atoms with van der Waals surface area (Å²) >= 11 is 0. The lowest BCUT2D eigenvalue weighted by molar-refractivity contribution is 0.598. The van der Waals surface area contributed by atoms with Crippen molar-refractivity contribution in [2.75, 3.05) is 5.73 Å². The van der Waals surface area contributed by atoms with E-state index in [1.54, 1.807) is 12.1 Å². The SMILES string of the molecule is Nc1ccccc1S(N)(=O)=O.c1ccc(CCc2ccccc2)cc1. The zero-order valence-corrected chi connectivity index (χ0v) is 14.7.